The van der Waals surface area contributed by atoms with E-state index in [1.807, 2.05) is 54.9 Å². The molecule has 1 atom stereocenters. The van der Waals surface area contributed by atoms with Crippen LogP contribution >= 0.6 is 0 Å². The van der Waals surface area contributed by atoms with Crippen LogP contribution in [0.5, 0.6) is 0 Å². The minimum absolute atomic E-state index is 0.845. The minimum Gasteiger partial charge on any atom is -0.255 e. The van der Waals surface area contributed by atoms with Crippen LogP contribution in [0.4, 0.5) is 87.8 Å². The van der Waals surface area contributed by atoms with Crippen LogP contribution in [0.3, 0.4) is 0 Å². The topological polar surface area (TPSA) is 20.9 Å². The largest absolute Gasteiger partial charge is 0.255 e. The van der Waals surface area contributed by atoms with Gasteiger partial charge in [0.2, 0.25) is 0 Å². The van der Waals surface area contributed by atoms with Crippen LogP contribution in [-0.2, 0) is 17.3 Å². The molecule has 0 saturated heterocycles. The van der Waals surface area contributed by atoms with Gasteiger partial charge >= 0.3 is 0 Å². The molecule has 0 spiro atoms. The van der Waals surface area contributed by atoms with E-state index in [9.17, 15) is 56.9 Å². The van der Waals surface area contributed by atoms with Crippen molar-refractivity contribution in [1.29, 1.82) is 0 Å². The average Bonchev–Trinajstić information content (AvgIpc) is 3.24. The molecule has 2 nitrogen and oxygen atoms in total. The summed E-state index contributed by atoms with van der Waals surface area (Å²) in [6.07, 6.45) is -1.45. The molecule has 0 fully saturated rings. The number of aromatic nitrogens is 1. The first-order valence-corrected chi connectivity index (χ1v) is 17.6. The zero-order valence-corrected chi connectivity index (χ0v) is 30.1. The highest BCUT2D eigenvalue weighted by Gasteiger charge is 2.52. The van der Waals surface area contributed by atoms with Gasteiger partial charge in [-0.15, -0.1) is 21.9 Å². The van der Waals surface area contributed by atoms with Crippen molar-refractivity contribution in [3.05, 3.63) is 177 Å². The molecule has 5 aromatic carbocycles. The minimum atomic E-state index is -7.22. The monoisotopic (exact) mass is 911 g/mol. The van der Waals surface area contributed by atoms with Gasteiger partial charge in [-0.2, -0.15) is 0 Å². The lowest BCUT2D eigenvalue weighted by atomic mass is 9.12. The van der Waals surface area contributed by atoms with Gasteiger partial charge in [0.1, 0.15) is 52.7 Å². The molecule has 322 valence electrons. The van der Waals surface area contributed by atoms with Crippen LogP contribution in [0.25, 0.3) is 0 Å². The highest BCUT2D eigenvalue weighted by Crippen LogP contribution is 2.30. The maximum atomic E-state index is 15.4. The Morgan fingerprint density at radius 1 is 0.377 bits per heavy atom. The molecule has 6 aromatic rings. The van der Waals surface area contributed by atoms with Crippen molar-refractivity contribution in [2.24, 2.45) is 0 Å². The molecule has 0 aliphatic rings. The fourth-order valence-electron chi connectivity index (χ4n) is 6.41. The maximum absolute atomic E-state index is 15.4. The van der Waals surface area contributed by atoms with Gasteiger partial charge in [0, 0.05) is 39.6 Å². The molecular formula is C37H14BF20NOS. The molecule has 0 amide bonds. The molecule has 1 heterocycles. The first kappa shape index (κ1) is 46.1. The van der Waals surface area contributed by atoms with E-state index in [-0.39, 0.29) is 0 Å². The third-order valence-electron chi connectivity index (χ3n) is 9.10. The Morgan fingerprint density at radius 3 is 0.836 bits per heavy atom. The quantitative estimate of drug-likeness (QED) is 0.0532. The fraction of sp³-hybridized carbons (Fsp3) is 0.0541. The third kappa shape index (κ3) is 7.47. The molecule has 0 aliphatic heterocycles. The lowest BCUT2D eigenvalue weighted by Gasteiger charge is -2.44. The van der Waals surface area contributed by atoms with Gasteiger partial charge < -0.3 is 0 Å². The zero-order valence-electron chi connectivity index (χ0n) is 29.3. The molecule has 0 N–H and O–H groups in total. The van der Waals surface area contributed by atoms with E-state index in [0.717, 1.165) is 11.4 Å². The van der Waals surface area contributed by atoms with Crippen LogP contribution in [0, 0.1) is 116 Å². The van der Waals surface area contributed by atoms with Crippen LogP contribution < -0.4 is 26.4 Å². The van der Waals surface area contributed by atoms with Gasteiger partial charge in [-0.05, 0) is 12.1 Å². The van der Waals surface area contributed by atoms with E-state index in [1.54, 1.807) is 6.26 Å². The van der Waals surface area contributed by atoms with E-state index in [1.165, 1.54) is 5.56 Å². The van der Waals surface area contributed by atoms with Crippen LogP contribution in [-0.4, -0.2) is 16.6 Å². The molecule has 0 bridgehead atoms. The van der Waals surface area contributed by atoms with Crippen molar-refractivity contribution in [3.63, 3.8) is 0 Å². The summed E-state index contributed by atoms with van der Waals surface area (Å²) in [7, 11) is -0.890. The van der Waals surface area contributed by atoms with Crippen molar-refractivity contribution in [1.82, 2.24) is 0 Å². The number of pyridine rings is 1. The summed E-state index contributed by atoms with van der Waals surface area (Å²) in [5, 5.41) is 0. The van der Waals surface area contributed by atoms with Crippen LogP contribution in [0.2, 0.25) is 0 Å². The summed E-state index contributed by atoms with van der Waals surface area (Å²) in [6, 6.07) is 13.9. The van der Waals surface area contributed by atoms with E-state index in [0.29, 0.717) is 0 Å². The summed E-state index contributed by atoms with van der Waals surface area (Å²) in [4.78, 5) is 0.877. The standard InChI is InChI=1S/C24BF20.C13H14NOS/c26-5-1(6(27)14(35)21(42)13(5)34)25(2-7(28)15(36)22(43)16(37)8(2)29,3-9(30)17(38)23(44)18(39)10(3)31)4-11(32)19(40)24(45)20(41)12(4)33;1-16(15)13-7-5-12(6-8-13)11-14-9-3-2-4-10-14/h;2-10H,11H2,1H3/q-1;+1. The van der Waals surface area contributed by atoms with E-state index in [2.05, 4.69) is 4.57 Å². The second-order valence-electron chi connectivity index (χ2n) is 12.4. The van der Waals surface area contributed by atoms with Crippen molar-refractivity contribution in [2.75, 3.05) is 6.26 Å². The van der Waals surface area contributed by atoms with Crippen LogP contribution in [0.1, 0.15) is 5.56 Å². The van der Waals surface area contributed by atoms with Gasteiger partial charge in [0.05, 0.1) is 0 Å². The lowest BCUT2D eigenvalue weighted by molar-refractivity contribution is -0.688. The van der Waals surface area contributed by atoms with Crippen LogP contribution in [0.15, 0.2) is 59.8 Å². The fourth-order valence-corrected chi connectivity index (χ4v) is 6.93. The number of halogens is 20. The Morgan fingerprint density at radius 2 is 0.607 bits per heavy atom. The summed E-state index contributed by atoms with van der Waals surface area (Å²) < 4.78 is 307. The molecule has 0 radical (unpaired) electrons. The summed E-state index contributed by atoms with van der Waals surface area (Å²) in [5.74, 6) is -71.4. The van der Waals surface area contributed by atoms with E-state index < -0.39 is 155 Å². The second-order valence-corrected chi connectivity index (χ2v) is 13.8. The molecule has 6 rings (SSSR count). The molecular weight excluding hydrogens is 897 g/mol. The van der Waals surface area contributed by atoms with Crippen molar-refractivity contribution in [2.45, 2.75) is 11.4 Å². The summed E-state index contributed by atoms with van der Waals surface area (Å²) in [5.41, 5.74) is -13.1. The normalized spacial score (nSPS) is 12.1. The molecule has 24 heteroatoms. The smallest absolute Gasteiger partial charge is 0.200 e. The second kappa shape index (κ2) is 17.2. The highest BCUT2D eigenvalue weighted by atomic mass is 32.2. The number of hydrogen-bond acceptors (Lipinski definition) is 1. The first-order valence-electron chi connectivity index (χ1n) is 16.1. The lowest BCUT2D eigenvalue weighted by Crippen LogP contribution is -2.81. The van der Waals surface area contributed by atoms with Gasteiger partial charge in [0.25, 0.3) is 0 Å². The highest BCUT2D eigenvalue weighted by molar-refractivity contribution is 7.84. The molecule has 1 aromatic heterocycles. The molecule has 1 unspecified atom stereocenters. The predicted octanol–water partition coefficient (Wildman–Crippen LogP) is 7.61. The number of rotatable bonds is 7. The van der Waals surface area contributed by atoms with Gasteiger partial charge in [-0.3, -0.25) is 4.21 Å². The Balaban J connectivity index is 0.000000366. The Kier molecular flexibility index (Phi) is 13.0. The van der Waals surface area contributed by atoms with Gasteiger partial charge in [0.15, 0.2) is 88.7 Å². The molecule has 0 saturated carbocycles. The van der Waals surface area contributed by atoms with Gasteiger partial charge in [-0.1, -0.05) is 18.2 Å². The predicted molar refractivity (Wildman–Crippen MR) is 174 cm³/mol. The third-order valence-corrected chi connectivity index (χ3v) is 10.0. The van der Waals surface area contributed by atoms with Crippen molar-refractivity contribution >= 4 is 38.8 Å². The van der Waals surface area contributed by atoms with E-state index in [4.69, 9.17) is 0 Å². The zero-order chi connectivity index (χ0) is 45.7. The van der Waals surface area contributed by atoms with E-state index >= 15 is 35.1 Å². The average molecular weight is 911 g/mol. The van der Waals surface area contributed by atoms with Crippen molar-refractivity contribution in [3.8, 4) is 0 Å². The summed E-state index contributed by atoms with van der Waals surface area (Å²) in [6.45, 7) is 0.845. The number of benzene rings is 5. The van der Waals surface area contributed by atoms with Gasteiger partial charge in [-0.25, -0.2) is 92.4 Å². The number of hydrogen-bond donors (Lipinski definition) is 0. The molecule has 0 aliphatic carbocycles. The van der Waals surface area contributed by atoms with Crippen molar-refractivity contribution < 1.29 is 96.6 Å². The SMILES string of the molecule is CS(=O)c1ccc(C[n+]2ccccc2)cc1.Fc1c(F)c(F)c([B-](c2c(F)c(F)c(F)c(F)c2F)(c2c(F)c(F)c(F)c(F)c2F)c2c(F)c(F)c(F)c(F)c2F)c(F)c1F. The summed E-state index contributed by atoms with van der Waals surface area (Å²) >= 11 is 0. The Bertz CT molecular complexity index is 2370. The first-order chi connectivity index (χ1) is 28.5. The maximum Gasteiger partial charge on any atom is 0.200 e. The Labute approximate surface area is 329 Å². The number of nitrogens with zero attached hydrogens (tertiary/aromatic N) is 1. The molecule has 61 heavy (non-hydrogen) atoms. The Hall–Kier alpha value is -5.94.